The minimum Gasteiger partial charge on any atom is -0.485 e. The summed E-state index contributed by atoms with van der Waals surface area (Å²) >= 11 is 0. The zero-order valence-electron chi connectivity index (χ0n) is 17.2. The van der Waals surface area contributed by atoms with Crippen molar-refractivity contribution in [1.82, 2.24) is 14.5 Å². The van der Waals surface area contributed by atoms with Crippen molar-refractivity contribution in [2.24, 2.45) is 0 Å². The first-order valence-corrected chi connectivity index (χ1v) is 11.7. The Labute approximate surface area is 168 Å². The summed E-state index contributed by atoms with van der Waals surface area (Å²) in [5.41, 5.74) is 1.42. The maximum atomic E-state index is 12.4. The predicted octanol–water partition coefficient (Wildman–Crippen LogP) is 1.51. The van der Waals surface area contributed by atoms with Crippen molar-refractivity contribution in [3.05, 3.63) is 29.3 Å². The second kappa shape index (κ2) is 8.00. The molecule has 156 valence electrons. The number of aryl methyl sites for hydroxylation is 1. The lowest BCUT2D eigenvalue weighted by Crippen LogP contribution is -2.55. The van der Waals surface area contributed by atoms with Crippen LogP contribution >= 0.6 is 0 Å². The van der Waals surface area contributed by atoms with Gasteiger partial charge in [0.25, 0.3) is 0 Å². The quantitative estimate of drug-likeness (QED) is 0.816. The van der Waals surface area contributed by atoms with Crippen LogP contribution in [0.25, 0.3) is 0 Å². The molecule has 1 aromatic carbocycles. The third-order valence-electron chi connectivity index (χ3n) is 5.41. The number of rotatable bonds is 4. The van der Waals surface area contributed by atoms with Crippen LogP contribution < -0.4 is 10.1 Å². The van der Waals surface area contributed by atoms with Crippen LogP contribution in [0.15, 0.2) is 18.2 Å². The number of hydrogen-bond acceptors (Lipinski definition) is 5. The Morgan fingerprint density at radius 3 is 2.57 bits per heavy atom. The van der Waals surface area contributed by atoms with Crippen LogP contribution in [-0.2, 0) is 21.4 Å². The number of amides is 1. The van der Waals surface area contributed by atoms with Crippen LogP contribution in [0.4, 0.5) is 0 Å². The van der Waals surface area contributed by atoms with Crippen molar-refractivity contribution < 1.29 is 17.9 Å². The Hall–Kier alpha value is -1.64. The number of carbonyl (C=O) groups is 1. The zero-order chi connectivity index (χ0) is 20.5. The Balaban J connectivity index is 1.77. The number of nitrogens with zero attached hydrogens (tertiary/aromatic N) is 2. The number of nitrogens with one attached hydrogen (secondary N) is 1. The van der Waals surface area contributed by atoms with E-state index in [0.29, 0.717) is 45.6 Å². The van der Waals surface area contributed by atoms with Gasteiger partial charge in [-0.1, -0.05) is 17.7 Å². The molecule has 3 rings (SSSR count). The van der Waals surface area contributed by atoms with Crippen molar-refractivity contribution in [3.8, 4) is 5.75 Å². The van der Waals surface area contributed by atoms with E-state index in [4.69, 9.17) is 4.74 Å². The summed E-state index contributed by atoms with van der Waals surface area (Å²) in [5.74, 6) is 0.786. The van der Waals surface area contributed by atoms with Gasteiger partial charge in [-0.2, -0.15) is 4.31 Å². The molecule has 1 aromatic rings. The maximum Gasteiger partial charge on any atom is 0.234 e. The number of hydrogen-bond donors (Lipinski definition) is 1. The zero-order valence-corrected chi connectivity index (χ0v) is 18.0. The highest BCUT2D eigenvalue weighted by atomic mass is 32.2. The molecule has 8 heteroatoms. The van der Waals surface area contributed by atoms with Gasteiger partial charge in [-0.05, 0) is 26.8 Å². The van der Waals surface area contributed by atoms with Gasteiger partial charge in [0.05, 0.1) is 19.3 Å². The lowest BCUT2D eigenvalue weighted by atomic mass is 9.91. The SMILES string of the molecule is Cc1ccc2c(c1)CN(S(C)(=O)=O)CC1(CCN(CC(=O)NC(C)C)CC1)O2. The molecule has 1 fully saturated rings. The molecule has 1 N–H and O–H groups in total. The van der Waals surface area contributed by atoms with Gasteiger partial charge in [-0.25, -0.2) is 8.42 Å². The number of benzene rings is 1. The highest BCUT2D eigenvalue weighted by Gasteiger charge is 2.43. The topological polar surface area (TPSA) is 79.0 Å². The van der Waals surface area contributed by atoms with Crippen molar-refractivity contribution >= 4 is 15.9 Å². The number of carbonyl (C=O) groups excluding carboxylic acids is 1. The molecule has 1 saturated heterocycles. The highest BCUT2D eigenvalue weighted by molar-refractivity contribution is 7.88. The third-order valence-corrected chi connectivity index (χ3v) is 6.60. The largest absolute Gasteiger partial charge is 0.485 e. The molecule has 0 saturated carbocycles. The lowest BCUT2D eigenvalue weighted by Gasteiger charge is -2.42. The maximum absolute atomic E-state index is 12.4. The lowest BCUT2D eigenvalue weighted by molar-refractivity contribution is -0.123. The number of sulfonamides is 1. The van der Waals surface area contributed by atoms with Crippen LogP contribution in [0.3, 0.4) is 0 Å². The summed E-state index contributed by atoms with van der Waals surface area (Å²) in [6, 6.07) is 6.06. The van der Waals surface area contributed by atoms with E-state index in [-0.39, 0.29) is 11.9 Å². The molecule has 1 spiro atoms. The Morgan fingerprint density at radius 2 is 1.96 bits per heavy atom. The van der Waals surface area contributed by atoms with E-state index in [0.717, 1.165) is 16.9 Å². The molecule has 0 unspecified atom stereocenters. The summed E-state index contributed by atoms with van der Waals surface area (Å²) in [4.78, 5) is 14.2. The summed E-state index contributed by atoms with van der Waals surface area (Å²) in [6.45, 7) is 8.31. The standard InChI is InChI=1S/C20H31N3O4S/c1-15(2)21-19(24)13-22-9-7-20(8-10-22)14-23(28(4,25)26)12-17-11-16(3)5-6-18(17)27-20/h5-6,11,15H,7-10,12-14H2,1-4H3,(H,21,24). The Bertz CT molecular complexity index is 830. The van der Waals surface area contributed by atoms with Gasteiger partial charge in [0.1, 0.15) is 11.4 Å². The summed E-state index contributed by atoms with van der Waals surface area (Å²) < 4.78 is 32.7. The molecule has 28 heavy (non-hydrogen) atoms. The molecule has 7 nitrogen and oxygen atoms in total. The molecular weight excluding hydrogens is 378 g/mol. The molecule has 0 bridgehead atoms. The minimum atomic E-state index is -3.35. The number of likely N-dealkylation sites (tertiary alicyclic amines) is 1. The first-order valence-electron chi connectivity index (χ1n) is 9.82. The van der Waals surface area contributed by atoms with E-state index in [9.17, 15) is 13.2 Å². The average Bonchev–Trinajstić information content (AvgIpc) is 2.73. The molecule has 0 atom stereocenters. The van der Waals surface area contributed by atoms with Crippen molar-refractivity contribution in [2.45, 2.75) is 51.8 Å². The molecular formula is C20H31N3O4S. The highest BCUT2D eigenvalue weighted by Crippen LogP contribution is 2.36. The van der Waals surface area contributed by atoms with Gasteiger partial charge in [-0.15, -0.1) is 0 Å². The van der Waals surface area contributed by atoms with Gasteiger partial charge in [0, 0.05) is 44.1 Å². The van der Waals surface area contributed by atoms with Gasteiger partial charge < -0.3 is 10.1 Å². The van der Waals surface area contributed by atoms with E-state index in [1.807, 2.05) is 39.0 Å². The van der Waals surface area contributed by atoms with E-state index >= 15 is 0 Å². The number of ether oxygens (including phenoxy) is 1. The van der Waals surface area contributed by atoms with Crippen LogP contribution in [0.2, 0.25) is 0 Å². The summed E-state index contributed by atoms with van der Waals surface area (Å²) in [6.07, 6.45) is 2.62. The third kappa shape index (κ3) is 5.04. The van der Waals surface area contributed by atoms with E-state index < -0.39 is 15.6 Å². The molecule has 1 amide bonds. The van der Waals surface area contributed by atoms with Gasteiger partial charge in [0.2, 0.25) is 15.9 Å². The van der Waals surface area contributed by atoms with Gasteiger partial charge in [0.15, 0.2) is 0 Å². The molecule has 0 aliphatic carbocycles. The summed E-state index contributed by atoms with van der Waals surface area (Å²) in [5, 5.41) is 2.92. The first-order chi connectivity index (χ1) is 13.1. The number of fused-ring (bicyclic) bond motifs is 1. The van der Waals surface area contributed by atoms with Crippen molar-refractivity contribution in [3.63, 3.8) is 0 Å². The number of piperidine rings is 1. The average molecular weight is 410 g/mol. The fourth-order valence-corrected chi connectivity index (χ4v) is 4.79. The van der Waals surface area contributed by atoms with E-state index in [1.165, 1.54) is 10.6 Å². The van der Waals surface area contributed by atoms with Gasteiger partial charge in [-0.3, -0.25) is 9.69 Å². The molecule has 2 heterocycles. The smallest absolute Gasteiger partial charge is 0.234 e. The molecule has 0 aromatic heterocycles. The van der Waals surface area contributed by atoms with Crippen LogP contribution in [0, 0.1) is 6.92 Å². The second-order valence-electron chi connectivity index (χ2n) is 8.43. The monoisotopic (exact) mass is 409 g/mol. The van der Waals surface area contributed by atoms with Crippen molar-refractivity contribution in [1.29, 1.82) is 0 Å². The molecule has 2 aliphatic heterocycles. The van der Waals surface area contributed by atoms with Crippen molar-refractivity contribution in [2.75, 3.05) is 32.4 Å². The predicted molar refractivity (Wildman–Crippen MR) is 109 cm³/mol. The Kier molecular flexibility index (Phi) is 6.03. The minimum absolute atomic E-state index is 0.0197. The normalized spacial score (nSPS) is 20.5. The van der Waals surface area contributed by atoms with E-state index in [2.05, 4.69) is 10.2 Å². The van der Waals surface area contributed by atoms with Gasteiger partial charge >= 0.3 is 0 Å². The second-order valence-corrected chi connectivity index (χ2v) is 10.4. The fourth-order valence-electron chi connectivity index (χ4n) is 3.95. The molecule has 0 radical (unpaired) electrons. The fraction of sp³-hybridized carbons (Fsp3) is 0.650. The first kappa shape index (κ1) is 21.1. The Morgan fingerprint density at radius 1 is 1.29 bits per heavy atom. The van der Waals surface area contributed by atoms with Crippen LogP contribution in [0.5, 0.6) is 5.75 Å². The summed E-state index contributed by atoms with van der Waals surface area (Å²) in [7, 11) is -3.35. The van der Waals surface area contributed by atoms with Crippen LogP contribution in [0.1, 0.15) is 37.8 Å². The molecule has 2 aliphatic rings. The van der Waals surface area contributed by atoms with E-state index in [1.54, 1.807) is 0 Å². The van der Waals surface area contributed by atoms with Crippen LogP contribution in [-0.4, -0.2) is 67.6 Å².